The fourth-order valence-electron chi connectivity index (χ4n) is 2.69. The van der Waals surface area contributed by atoms with Crippen LogP contribution < -0.4 is 0 Å². The van der Waals surface area contributed by atoms with Crippen LogP contribution in [-0.4, -0.2) is 40.8 Å². The normalized spacial score (nSPS) is 21.7. The van der Waals surface area contributed by atoms with E-state index in [1.165, 1.54) is 0 Å². The molecule has 5 nitrogen and oxygen atoms in total. The van der Waals surface area contributed by atoms with Gasteiger partial charge in [0.05, 0.1) is 5.56 Å². The molecule has 1 amide bonds. The summed E-state index contributed by atoms with van der Waals surface area (Å²) < 4.78 is 5.41. The number of aromatic carboxylic acids is 1. The lowest BCUT2D eigenvalue weighted by Crippen LogP contribution is -2.37. The second kappa shape index (κ2) is 5.63. The summed E-state index contributed by atoms with van der Waals surface area (Å²) in [5.41, 5.74) is 0.644. The SMILES string of the molecule is CC(C)(C)OC(=O)N1CCC(C)(c2ccc(C(=O)O)cc2)C1. The third-order valence-electron chi connectivity index (χ3n) is 3.95. The van der Waals surface area contributed by atoms with Crippen LogP contribution >= 0.6 is 0 Å². The Morgan fingerprint density at radius 3 is 2.32 bits per heavy atom. The van der Waals surface area contributed by atoms with E-state index in [9.17, 15) is 9.59 Å². The van der Waals surface area contributed by atoms with Crippen LogP contribution in [0.2, 0.25) is 0 Å². The highest BCUT2D eigenvalue weighted by Crippen LogP contribution is 2.34. The Labute approximate surface area is 130 Å². The second-order valence-electron chi connectivity index (χ2n) is 7.10. The first-order valence-electron chi connectivity index (χ1n) is 7.42. The first-order valence-corrected chi connectivity index (χ1v) is 7.42. The van der Waals surface area contributed by atoms with Crippen LogP contribution in [0.15, 0.2) is 24.3 Å². The van der Waals surface area contributed by atoms with Gasteiger partial charge in [0.2, 0.25) is 0 Å². The molecule has 2 rings (SSSR count). The molecular formula is C17H23NO4. The molecule has 1 fully saturated rings. The van der Waals surface area contributed by atoms with Gasteiger partial charge >= 0.3 is 12.1 Å². The average Bonchev–Trinajstić information content (AvgIpc) is 2.81. The number of carbonyl (C=O) groups is 2. The maximum absolute atomic E-state index is 12.1. The van der Waals surface area contributed by atoms with Crippen molar-refractivity contribution in [3.05, 3.63) is 35.4 Å². The van der Waals surface area contributed by atoms with E-state index in [0.717, 1.165) is 12.0 Å². The molecule has 0 aliphatic carbocycles. The molecule has 0 saturated carbocycles. The van der Waals surface area contributed by atoms with E-state index in [4.69, 9.17) is 9.84 Å². The minimum absolute atomic E-state index is 0.173. The van der Waals surface area contributed by atoms with Gasteiger partial charge in [-0.1, -0.05) is 19.1 Å². The van der Waals surface area contributed by atoms with Gasteiger partial charge in [-0.15, -0.1) is 0 Å². The van der Waals surface area contributed by atoms with Crippen molar-refractivity contribution in [2.45, 2.75) is 45.1 Å². The number of rotatable bonds is 2. The van der Waals surface area contributed by atoms with E-state index < -0.39 is 11.6 Å². The maximum Gasteiger partial charge on any atom is 0.410 e. The van der Waals surface area contributed by atoms with Crippen LogP contribution in [0.25, 0.3) is 0 Å². The number of carboxylic acids is 1. The Balaban J connectivity index is 2.10. The monoisotopic (exact) mass is 305 g/mol. The highest BCUT2D eigenvalue weighted by Gasteiger charge is 2.38. The largest absolute Gasteiger partial charge is 0.478 e. The maximum atomic E-state index is 12.1. The van der Waals surface area contributed by atoms with Gasteiger partial charge in [0, 0.05) is 18.5 Å². The molecule has 1 aromatic rings. The standard InChI is InChI=1S/C17H23NO4/c1-16(2,3)22-15(21)18-10-9-17(4,11-18)13-7-5-12(6-8-13)14(19)20/h5-8H,9-11H2,1-4H3,(H,19,20). The first kappa shape index (κ1) is 16.3. The molecule has 1 heterocycles. The van der Waals surface area contributed by atoms with Crippen molar-refractivity contribution < 1.29 is 19.4 Å². The van der Waals surface area contributed by atoms with Crippen molar-refractivity contribution in [3.63, 3.8) is 0 Å². The number of likely N-dealkylation sites (tertiary alicyclic amines) is 1. The van der Waals surface area contributed by atoms with E-state index in [2.05, 4.69) is 6.92 Å². The Morgan fingerprint density at radius 1 is 1.23 bits per heavy atom. The molecule has 5 heteroatoms. The molecule has 1 aliphatic heterocycles. The summed E-state index contributed by atoms with van der Waals surface area (Å²) in [5.74, 6) is -0.932. The minimum Gasteiger partial charge on any atom is -0.478 e. The Kier molecular flexibility index (Phi) is 4.18. The quantitative estimate of drug-likeness (QED) is 0.910. The zero-order valence-corrected chi connectivity index (χ0v) is 13.5. The predicted octanol–water partition coefficient (Wildman–Crippen LogP) is 3.28. The molecular weight excluding hydrogens is 282 g/mol. The summed E-state index contributed by atoms with van der Waals surface area (Å²) in [5, 5.41) is 8.96. The lowest BCUT2D eigenvalue weighted by atomic mass is 9.81. The highest BCUT2D eigenvalue weighted by molar-refractivity contribution is 5.87. The molecule has 0 aromatic heterocycles. The van der Waals surface area contributed by atoms with Crippen molar-refractivity contribution in [1.29, 1.82) is 0 Å². The van der Waals surface area contributed by atoms with Crippen LogP contribution in [0.5, 0.6) is 0 Å². The van der Waals surface area contributed by atoms with Gasteiger partial charge < -0.3 is 14.7 Å². The number of hydrogen-bond acceptors (Lipinski definition) is 3. The van der Waals surface area contributed by atoms with Gasteiger partial charge in [0.1, 0.15) is 5.60 Å². The second-order valence-corrected chi connectivity index (χ2v) is 7.10. The summed E-state index contributed by atoms with van der Waals surface area (Å²) in [4.78, 5) is 24.8. The number of hydrogen-bond donors (Lipinski definition) is 1. The van der Waals surface area contributed by atoms with Crippen molar-refractivity contribution in [1.82, 2.24) is 4.90 Å². The average molecular weight is 305 g/mol. The molecule has 0 spiro atoms. The van der Waals surface area contributed by atoms with Crippen molar-refractivity contribution in [3.8, 4) is 0 Å². The van der Waals surface area contributed by atoms with Gasteiger partial charge in [0.15, 0.2) is 0 Å². The zero-order chi connectivity index (χ0) is 16.5. The third kappa shape index (κ3) is 3.59. The van der Waals surface area contributed by atoms with Gasteiger partial charge in [-0.3, -0.25) is 0 Å². The van der Waals surface area contributed by atoms with Crippen LogP contribution in [0.4, 0.5) is 4.79 Å². The molecule has 0 bridgehead atoms. The summed E-state index contributed by atoms with van der Waals surface area (Å²) in [6.45, 7) is 8.87. The minimum atomic E-state index is -0.932. The summed E-state index contributed by atoms with van der Waals surface area (Å²) >= 11 is 0. The number of amides is 1. The zero-order valence-electron chi connectivity index (χ0n) is 13.5. The van der Waals surface area contributed by atoms with E-state index >= 15 is 0 Å². The van der Waals surface area contributed by atoms with Crippen LogP contribution in [0, 0.1) is 0 Å². The molecule has 1 atom stereocenters. The predicted molar refractivity (Wildman–Crippen MR) is 83.2 cm³/mol. The summed E-state index contributed by atoms with van der Waals surface area (Å²) in [6, 6.07) is 6.89. The van der Waals surface area contributed by atoms with E-state index in [1.807, 2.05) is 32.9 Å². The summed E-state index contributed by atoms with van der Waals surface area (Å²) in [7, 11) is 0. The molecule has 22 heavy (non-hydrogen) atoms. The molecule has 1 N–H and O–H groups in total. The number of carbonyl (C=O) groups excluding carboxylic acids is 1. The molecule has 1 unspecified atom stereocenters. The lowest BCUT2D eigenvalue weighted by molar-refractivity contribution is 0.0285. The number of nitrogens with zero attached hydrogens (tertiary/aromatic N) is 1. The number of ether oxygens (including phenoxy) is 1. The van der Waals surface area contributed by atoms with Gasteiger partial charge in [0.25, 0.3) is 0 Å². The van der Waals surface area contributed by atoms with Crippen molar-refractivity contribution in [2.75, 3.05) is 13.1 Å². The van der Waals surface area contributed by atoms with Crippen LogP contribution in [-0.2, 0) is 10.2 Å². The third-order valence-corrected chi connectivity index (χ3v) is 3.95. The smallest absolute Gasteiger partial charge is 0.410 e. The number of benzene rings is 1. The summed E-state index contributed by atoms with van der Waals surface area (Å²) in [6.07, 6.45) is 0.539. The molecule has 120 valence electrons. The van der Waals surface area contributed by atoms with Crippen molar-refractivity contribution in [2.24, 2.45) is 0 Å². The fraction of sp³-hybridized carbons (Fsp3) is 0.529. The first-order chi connectivity index (χ1) is 10.1. The Bertz CT molecular complexity index is 573. The molecule has 1 aliphatic rings. The topological polar surface area (TPSA) is 66.8 Å². The van der Waals surface area contributed by atoms with Crippen LogP contribution in [0.3, 0.4) is 0 Å². The number of carboxylic acid groups (broad SMARTS) is 1. The van der Waals surface area contributed by atoms with Crippen LogP contribution in [0.1, 0.15) is 50.0 Å². The van der Waals surface area contributed by atoms with Gasteiger partial charge in [-0.2, -0.15) is 0 Å². The van der Waals surface area contributed by atoms with E-state index in [1.54, 1.807) is 17.0 Å². The lowest BCUT2D eigenvalue weighted by Gasteiger charge is -2.27. The molecule has 1 saturated heterocycles. The van der Waals surface area contributed by atoms with Crippen molar-refractivity contribution >= 4 is 12.1 Å². The molecule has 0 radical (unpaired) electrons. The van der Waals surface area contributed by atoms with Gasteiger partial charge in [-0.25, -0.2) is 9.59 Å². The Hall–Kier alpha value is -2.04. The van der Waals surface area contributed by atoms with E-state index in [-0.39, 0.29) is 17.1 Å². The molecule has 1 aromatic carbocycles. The van der Waals surface area contributed by atoms with Gasteiger partial charge in [-0.05, 0) is 44.9 Å². The van der Waals surface area contributed by atoms with E-state index in [0.29, 0.717) is 13.1 Å². The highest BCUT2D eigenvalue weighted by atomic mass is 16.6. The fourth-order valence-corrected chi connectivity index (χ4v) is 2.69. The Morgan fingerprint density at radius 2 is 1.82 bits per heavy atom.